The van der Waals surface area contributed by atoms with Gasteiger partial charge in [0.25, 0.3) is 0 Å². The number of carbonyl (C=O) groups excluding carboxylic acids is 4. The molecule has 0 spiro atoms. The maximum atomic E-state index is 9.00. The Labute approximate surface area is 258 Å². The van der Waals surface area contributed by atoms with Gasteiger partial charge >= 0.3 is 68.3 Å². The molecular formula is C20H12Cu4O14. The minimum atomic E-state index is 0. The molecule has 38 heavy (non-hydrogen) atoms. The van der Waals surface area contributed by atoms with E-state index in [0.29, 0.717) is 0 Å². The van der Waals surface area contributed by atoms with Gasteiger partial charge in [-0.1, -0.05) is 25.1 Å². The van der Waals surface area contributed by atoms with E-state index in [9.17, 15) is 0 Å². The molecule has 0 fully saturated rings. The summed E-state index contributed by atoms with van der Waals surface area (Å²) in [7, 11) is 0. The van der Waals surface area contributed by atoms with Crippen molar-refractivity contribution in [3.63, 3.8) is 0 Å². The van der Waals surface area contributed by atoms with E-state index in [1.165, 1.54) is 0 Å². The fourth-order valence-electron chi connectivity index (χ4n) is 0.875. The first-order valence-electron chi connectivity index (χ1n) is 7.88. The molecule has 0 aliphatic rings. The Kier molecular flexibility index (Phi) is 64.3. The first-order chi connectivity index (χ1) is 16.8. The van der Waals surface area contributed by atoms with Crippen molar-refractivity contribution >= 4 is 25.9 Å². The molecule has 4 aromatic rings. The fraction of sp³-hybridized carbons (Fsp3) is 0. The average Bonchev–Trinajstić information content (AvgIpc) is 3.71. The SMILES string of the molecule is O=[C-]OOO[C-]=O.O=[C-]OOO[C-]=O.[Cu+2].[Cu+2].[Cu+2].[Cu+2].[c-]1ccco1.[c-]1ccco1.[c-]1ccco1.[c-]1ccco1. The molecule has 0 aromatic carbocycles. The molecule has 4 radical (unpaired) electrons. The maximum Gasteiger partial charge on any atom is 2.00 e. The third-order valence-corrected chi connectivity index (χ3v) is 1.79. The van der Waals surface area contributed by atoms with Gasteiger partial charge in [-0.2, -0.15) is 24.3 Å². The standard InChI is InChI=1S/4C4H3O.2C2O5.4Cu/c4*1-2-4-5-3-1;2*3-1-5-7-6-2-4;;;;/h4*1-3H;;;;;;/q4*-1;2*-2;4*+2. The first kappa shape index (κ1) is 48.1. The maximum absolute atomic E-state index is 9.00. The second-order valence-electron chi connectivity index (χ2n) is 3.73. The molecule has 18 heteroatoms. The predicted octanol–water partition coefficient (Wildman–Crippen LogP) is 2.31. The zero-order chi connectivity index (χ0) is 25.2. The van der Waals surface area contributed by atoms with Crippen molar-refractivity contribution in [1.82, 2.24) is 0 Å². The topological polar surface area (TPSA) is 176 Å². The Bertz CT molecular complexity index is 606. The molecule has 220 valence electrons. The predicted molar refractivity (Wildman–Crippen MR) is 99.5 cm³/mol. The summed E-state index contributed by atoms with van der Waals surface area (Å²) >= 11 is 0. The van der Waals surface area contributed by atoms with Gasteiger partial charge in [0, 0.05) is 0 Å². The minimum absolute atomic E-state index is 0. The Balaban J connectivity index is -0.0000000795. The molecule has 0 aliphatic heterocycles. The van der Waals surface area contributed by atoms with Crippen molar-refractivity contribution in [2.75, 3.05) is 0 Å². The van der Waals surface area contributed by atoms with Crippen molar-refractivity contribution < 1.29 is 135 Å². The monoisotopic (exact) mass is 728 g/mol. The van der Waals surface area contributed by atoms with Crippen LogP contribution in [0.4, 0.5) is 0 Å². The van der Waals surface area contributed by atoms with Crippen molar-refractivity contribution in [1.29, 1.82) is 0 Å². The molecule has 0 aliphatic carbocycles. The van der Waals surface area contributed by atoms with Crippen LogP contribution in [0.15, 0.2) is 91.3 Å². The minimum Gasteiger partial charge on any atom is -0.599 e. The zero-order valence-corrected chi connectivity index (χ0v) is 21.6. The van der Waals surface area contributed by atoms with E-state index in [-0.39, 0.29) is 68.3 Å². The molecule has 0 saturated carbocycles. The smallest absolute Gasteiger partial charge is 0.599 e. The van der Waals surface area contributed by atoms with Gasteiger partial charge in [0.1, 0.15) is 0 Å². The third kappa shape index (κ3) is 54.1. The van der Waals surface area contributed by atoms with Crippen LogP contribution in [0.5, 0.6) is 0 Å². The van der Waals surface area contributed by atoms with Crippen LogP contribution in [0.3, 0.4) is 0 Å². The molecular weight excluding hydrogens is 718 g/mol. The summed E-state index contributed by atoms with van der Waals surface area (Å²) in [5, 5.41) is 6.57. The molecule has 14 nitrogen and oxygen atoms in total. The molecule has 0 amide bonds. The number of hydrogen-bond donors (Lipinski definition) is 0. The molecule has 0 unspecified atom stereocenters. The summed E-state index contributed by atoms with van der Waals surface area (Å²) in [5.74, 6) is 0. The Hall–Kier alpha value is -3.00. The largest absolute Gasteiger partial charge is 2.00 e. The van der Waals surface area contributed by atoms with E-state index in [4.69, 9.17) is 19.2 Å². The second-order valence-corrected chi connectivity index (χ2v) is 3.73. The van der Waals surface area contributed by atoms with Gasteiger partial charge in [0.15, 0.2) is 0 Å². The van der Waals surface area contributed by atoms with Crippen molar-refractivity contribution in [3.8, 4) is 0 Å². The molecule has 0 bridgehead atoms. The molecule has 0 N–H and O–H groups in total. The van der Waals surface area contributed by atoms with Crippen LogP contribution < -0.4 is 0 Å². The summed E-state index contributed by atoms with van der Waals surface area (Å²) in [4.78, 5) is 49.1. The molecule has 4 rings (SSSR count). The van der Waals surface area contributed by atoms with E-state index in [2.05, 4.69) is 72.3 Å². The van der Waals surface area contributed by atoms with Crippen molar-refractivity contribution in [3.05, 3.63) is 98.6 Å². The van der Waals surface area contributed by atoms with Crippen LogP contribution in [0.2, 0.25) is 0 Å². The van der Waals surface area contributed by atoms with Crippen LogP contribution in [0.25, 0.3) is 0 Å². The van der Waals surface area contributed by atoms with Crippen LogP contribution in [0.1, 0.15) is 0 Å². The summed E-state index contributed by atoms with van der Waals surface area (Å²) in [6.07, 6.45) is 16.2. The van der Waals surface area contributed by atoms with E-state index in [1.807, 2.05) is 0 Å². The third-order valence-electron chi connectivity index (χ3n) is 1.79. The normalized spacial score (nSPS) is 6.74. The van der Waals surface area contributed by atoms with Crippen LogP contribution in [-0.4, -0.2) is 25.9 Å². The van der Waals surface area contributed by atoms with Gasteiger partial charge in [-0.05, 0) is 61.0 Å². The van der Waals surface area contributed by atoms with Gasteiger partial charge in [-0.25, -0.2) is 0 Å². The summed E-state index contributed by atoms with van der Waals surface area (Å²) < 4.78 is 17.8. The quantitative estimate of drug-likeness (QED) is 0.0849. The number of hydrogen-bond acceptors (Lipinski definition) is 14. The average molecular weight is 730 g/mol. The Morgan fingerprint density at radius 2 is 0.632 bits per heavy atom. The molecule has 4 heterocycles. The molecule has 0 atom stereocenters. The van der Waals surface area contributed by atoms with E-state index >= 15 is 0 Å². The number of rotatable bonds is 8. The Morgan fingerprint density at radius 1 is 0.421 bits per heavy atom. The summed E-state index contributed by atoms with van der Waals surface area (Å²) in [6.45, 7) is 3.31. The van der Waals surface area contributed by atoms with Crippen LogP contribution in [0, 0.1) is 25.1 Å². The van der Waals surface area contributed by atoms with Gasteiger partial charge in [0.2, 0.25) is 0 Å². The van der Waals surface area contributed by atoms with Crippen molar-refractivity contribution in [2.24, 2.45) is 0 Å². The summed E-state index contributed by atoms with van der Waals surface area (Å²) in [5.41, 5.74) is 0. The van der Waals surface area contributed by atoms with Crippen LogP contribution in [-0.2, 0) is 117 Å². The van der Waals surface area contributed by atoms with Gasteiger partial charge in [-0.3, -0.25) is 0 Å². The van der Waals surface area contributed by atoms with E-state index < -0.39 is 0 Å². The zero-order valence-electron chi connectivity index (χ0n) is 17.8. The van der Waals surface area contributed by atoms with E-state index in [1.54, 1.807) is 73.6 Å². The fourth-order valence-corrected chi connectivity index (χ4v) is 0.875. The van der Waals surface area contributed by atoms with Crippen LogP contribution >= 0.6 is 0 Å². The van der Waals surface area contributed by atoms with E-state index in [0.717, 1.165) is 25.9 Å². The Morgan fingerprint density at radius 3 is 0.711 bits per heavy atom. The molecule has 0 saturated heterocycles. The first-order valence-corrected chi connectivity index (χ1v) is 7.88. The van der Waals surface area contributed by atoms with Gasteiger partial charge in [-0.15, -0.1) is 24.3 Å². The van der Waals surface area contributed by atoms with Gasteiger partial charge in [0.05, 0.1) is 0 Å². The number of furan rings is 4. The van der Waals surface area contributed by atoms with Crippen molar-refractivity contribution in [2.45, 2.75) is 0 Å². The van der Waals surface area contributed by atoms with Gasteiger partial charge < -0.3 is 56.4 Å². The molecule has 4 aromatic heterocycles. The summed E-state index contributed by atoms with van der Waals surface area (Å²) in [6, 6.07) is 13.9. The second kappa shape index (κ2) is 50.8.